The highest BCUT2D eigenvalue weighted by atomic mass is 35.5. The van der Waals surface area contributed by atoms with Gasteiger partial charge in [-0.05, 0) is 66.7 Å². The van der Waals surface area contributed by atoms with Gasteiger partial charge in [0.1, 0.15) is 11.5 Å². The molecular weight excluding hydrogens is 495 g/mol. The van der Waals surface area contributed by atoms with Gasteiger partial charge >= 0.3 is 7.82 Å². The summed E-state index contributed by atoms with van der Waals surface area (Å²) >= 11 is 6.08. The number of hydrogen-bond acceptors (Lipinski definition) is 3. The molecule has 1 aliphatic carbocycles. The molecule has 2 N–H and O–H groups in total. The highest BCUT2D eigenvalue weighted by molar-refractivity contribution is 7.46. The maximum absolute atomic E-state index is 14.4. The summed E-state index contributed by atoms with van der Waals surface area (Å²) < 4.78 is 16.1. The lowest BCUT2D eigenvalue weighted by Gasteiger charge is -2.34. The first-order chi connectivity index (χ1) is 17.2. The summed E-state index contributed by atoms with van der Waals surface area (Å²) in [5, 5.41) is 0.642. The zero-order valence-electron chi connectivity index (χ0n) is 19.7. The minimum absolute atomic E-state index is 0.0668. The van der Waals surface area contributed by atoms with Gasteiger partial charge in [-0.1, -0.05) is 90.5 Å². The predicted octanol–water partition coefficient (Wildman–Crippen LogP) is 6.49. The highest BCUT2D eigenvalue weighted by Crippen LogP contribution is 2.44. The Hall–Kier alpha value is -2.95. The molecule has 2 atom stereocenters. The third-order valence-corrected chi connectivity index (χ3v) is 7.10. The Bertz CT molecular complexity index is 1280. The van der Waals surface area contributed by atoms with Crippen LogP contribution in [-0.2, 0) is 33.1 Å². The first kappa shape index (κ1) is 26.1. The van der Waals surface area contributed by atoms with Gasteiger partial charge < -0.3 is 4.52 Å². The standard InChI is InChI=1S/C29H28ClO5P/c30-26-13-11-23(12-14-26)20-25(19-22-7-3-1-4-8-22)28(31)29(21-24-9-5-2-6-10-24)17-15-27(16-18-29)35-36(32,33)34/h1-17,25H,18-21H2,(H2,32,33,34). The molecule has 0 saturated heterocycles. The fourth-order valence-corrected chi connectivity index (χ4v) is 5.23. The number of ketones is 1. The van der Waals surface area contributed by atoms with Gasteiger partial charge in [0, 0.05) is 10.9 Å². The minimum Gasteiger partial charge on any atom is -0.405 e. The normalized spacial score (nSPS) is 18.4. The summed E-state index contributed by atoms with van der Waals surface area (Å²) in [7, 11) is -4.70. The van der Waals surface area contributed by atoms with E-state index in [-0.39, 0.29) is 23.9 Å². The summed E-state index contributed by atoms with van der Waals surface area (Å²) in [5.41, 5.74) is 2.22. The van der Waals surface area contributed by atoms with E-state index in [2.05, 4.69) is 0 Å². The molecule has 0 heterocycles. The number of carbonyl (C=O) groups is 1. The molecule has 0 fully saturated rings. The number of allylic oxidation sites excluding steroid dienone is 3. The van der Waals surface area contributed by atoms with Crippen molar-refractivity contribution in [2.75, 3.05) is 0 Å². The number of Topliss-reactive ketones (excluding diaryl/α,β-unsaturated/α-hetero) is 1. The van der Waals surface area contributed by atoms with E-state index in [0.29, 0.717) is 24.3 Å². The Balaban J connectivity index is 1.68. The van der Waals surface area contributed by atoms with Gasteiger partial charge in [-0.3, -0.25) is 14.6 Å². The molecule has 2 unspecified atom stereocenters. The van der Waals surface area contributed by atoms with Crippen LogP contribution in [-0.4, -0.2) is 15.6 Å². The van der Waals surface area contributed by atoms with Crippen molar-refractivity contribution < 1.29 is 23.7 Å². The van der Waals surface area contributed by atoms with Gasteiger partial charge in [0.25, 0.3) is 0 Å². The van der Waals surface area contributed by atoms with E-state index in [0.717, 1.165) is 16.7 Å². The van der Waals surface area contributed by atoms with Crippen LogP contribution in [0.4, 0.5) is 0 Å². The summed E-state index contributed by atoms with van der Waals surface area (Å²) in [5.74, 6) is -0.176. The zero-order valence-corrected chi connectivity index (χ0v) is 21.3. The van der Waals surface area contributed by atoms with Crippen LogP contribution in [0, 0.1) is 11.3 Å². The first-order valence-electron chi connectivity index (χ1n) is 11.7. The fourth-order valence-electron chi connectivity index (χ4n) is 4.69. The Kier molecular flexibility index (Phi) is 8.28. The maximum Gasteiger partial charge on any atom is 0.524 e. The first-order valence-corrected chi connectivity index (χ1v) is 13.6. The molecule has 0 amide bonds. The monoisotopic (exact) mass is 522 g/mol. The molecule has 7 heteroatoms. The van der Waals surface area contributed by atoms with E-state index in [1.54, 1.807) is 12.2 Å². The molecule has 1 aliphatic rings. The van der Waals surface area contributed by atoms with Gasteiger partial charge in [-0.2, -0.15) is 0 Å². The predicted molar refractivity (Wildman–Crippen MR) is 141 cm³/mol. The lowest BCUT2D eigenvalue weighted by atomic mass is 9.67. The van der Waals surface area contributed by atoms with Crippen molar-refractivity contribution in [3.05, 3.63) is 131 Å². The second kappa shape index (κ2) is 11.4. The van der Waals surface area contributed by atoms with Crippen LogP contribution in [0.3, 0.4) is 0 Å². The van der Waals surface area contributed by atoms with E-state index in [1.165, 1.54) is 6.08 Å². The quantitative estimate of drug-likeness (QED) is 0.297. The average Bonchev–Trinajstić information content (AvgIpc) is 2.86. The van der Waals surface area contributed by atoms with E-state index >= 15 is 0 Å². The van der Waals surface area contributed by atoms with Crippen LogP contribution in [0.5, 0.6) is 0 Å². The summed E-state index contributed by atoms with van der Waals surface area (Å²) in [6.07, 6.45) is 6.72. The molecule has 0 radical (unpaired) electrons. The highest BCUT2D eigenvalue weighted by Gasteiger charge is 2.41. The van der Waals surface area contributed by atoms with Crippen molar-refractivity contribution >= 4 is 25.2 Å². The molecule has 0 saturated carbocycles. The molecule has 186 valence electrons. The van der Waals surface area contributed by atoms with E-state index < -0.39 is 13.2 Å². The Morgan fingerprint density at radius 1 is 0.889 bits per heavy atom. The van der Waals surface area contributed by atoms with Crippen molar-refractivity contribution in [2.24, 2.45) is 11.3 Å². The van der Waals surface area contributed by atoms with E-state index in [4.69, 9.17) is 16.1 Å². The summed E-state index contributed by atoms with van der Waals surface area (Å²) in [6, 6.07) is 27.3. The van der Waals surface area contributed by atoms with Gasteiger partial charge in [0.05, 0.1) is 5.41 Å². The van der Waals surface area contributed by atoms with E-state index in [9.17, 15) is 19.1 Å². The van der Waals surface area contributed by atoms with Crippen LogP contribution >= 0.6 is 19.4 Å². The largest absolute Gasteiger partial charge is 0.524 e. The third kappa shape index (κ3) is 7.05. The lowest BCUT2D eigenvalue weighted by molar-refractivity contribution is -0.130. The fraction of sp³-hybridized carbons (Fsp3) is 0.207. The van der Waals surface area contributed by atoms with Crippen LogP contribution in [0.2, 0.25) is 5.02 Å². The topological polar surface area (TPSA) is 83.8 Å². The van der Waals surface area contributed by atoms with Crippen molar-refractivity contribution in [2.45, 2.75) is 25.7 Å². The summed E-state index contributed by atoms with van der Waals surface area (Å²) in [4.78, 5) is 32.8. The number of phosphoric acid groups is 1. The van der Waals surface area contributed by atoms with Crippen LogP contribution in [0.1, 0.15) is 23.1 Å². The maximum atomic E-state index is 14.4. The molecule has 5 nitrogen and oxygen atoms in total. The molecule has 3 aromatic rings. The van der Waals surface area contributed by atoms with Crippen molar-refractivity contribution in [1.29, 1.82) is 0 Å². The molecular formula is C29H28ClO5P. The molecule has 0 aromatic heterocycles. The SMILES string of the molecule is O=C(C(Cc1ccccc1)Cc1ccc(Cl)cc1)C1(Cc2ccccc2)C=CC(OP(=O)(O)O)=CC1. The van der Waals surface area contributed by atoms with Gasteiger partial charge in [0.2, 0.25) is 0 Å². The van der Waals surface area contributed by atoms with Crippen LogP contribution < -0.4 is 0 Å². The second-order valence-electron chi connectivity index (χ2n) is 9.13. The van der Waals surface area contributed by atoms with Crippen LogP contribution in [0.15, 0.2) is 109 Å². The minimum atomic E-state index is -4.70. The number of carbonyl (C=O) groups excluding carboxylic acids is 1. The molecule has 36 heavy (non-hydrogen) atoms. The molecule has 0 spiro atoms. The van der Waals surface area contributed by atoms with Crippen molar-refractivity contribution in [3.63, 3.8) is 0 Å². The van der Waals surface area contributed by atoms with Gasteiger partial charge in [0.15, 0.2) is 0 Å². The Labute approximate surface area is 216 Å². The molecule has 0 bridgehead atoms. The van der Waals surface area contributed by atoms with Crippen LogP contribution in [0.25, 0.3) is 0 Å². The van der Waals surface area contributed by atoms with E-state index in [1.807, 2.05) is 84.9 Å². The number of rotatable bonds is 10. The Morgan fingerprint density at radius 3 is 1.97 bits per heavy atom. The zero-order chi connectivity index (χ0) is 25.6. The average molecular weight is 523 g/mol. The van der Waals surface area contributed by atoms with Gasteiger partial charge in [-0.15, -0.1) is 0 Å². The number of hydrogen-bond donors (Lipinski definition) is 2. The summed E-state index contributed by atoms with van der Waals surface area (Å²) in [6.45, 7) is 0. The number of benzene rings is 3. The van der Waals surface area contributed by atoms with Crippen molar-refractivity contribution in [3.8, 4) is 0 Å². The smallest absolute Gasteiger partial charge is 0.405 e. The number of halogens is 1. The Morgan fingerprint density at radius 2 is 1.44 bits per heavy atom. The molecule has 3 aromatic carbocycles. The van der Waals surface area contributed by atoms with Gasteiger partial charge in [-0.25, -0.2) is 4.57 Å². The number of phosphoric ester groups is 1. The third-order valence-electron chi connectivity index (χ3n) is 6.40. The lowest BCUT2D eigenvalue weighted by Crippen LogP contribution is -2.39. The van der Waals surface area contributed by atoms with Crippen molar-refractivity contribution in [1.82, 2.24) is 0 Å². The molecule has 4 rings (SSSR count). The molecule has 0 aliphatic heterocycles. The second-order valence-corrected chi connectivity index (χ2v) is 10.7.